The van der Waals surface area contributed by atoms with Crippen LogP contribution < -0.4 is 15.8 Å². The fraction of sp³-hybridized carbons (Fsp3) is 0.438. The van der Waals surface area contributed by atoms with Crippen molar-refractivity contribution in [2.24, 2.45) is 5.41 Å². The van der Waals surface area contributed by atoms with Crippen molar-refractivity contribution < 1.29 is 14.6 Å². The van der Waals surface area contributed by atoms with Crippen LogP contribution in [0.5, 0.6) is 5.75 Å². The van der Waals surface area contributed by atoms with Gasteiger partial charge in [-0.15, -0.1) is 0 Å². The number of nitrogen functional groups attached to an aromatic ring is 1. The van der Waals surface area contributed by atoms with Crippen molar-refractivity contribution in [3.05, 3.63) is 82.2 Å². The number of carbonyl (C=O) groups is 1. The summed E-state index contributed by atoms with van der Waals surface area (Å²) in [5, 5.41) is 13.6. The van der Waals surface area contributed by atoms with E-state index in [2.05, 4.69) is 47.2 Å². The maximum Gasteiger partial charge on any atom is 0.310 e. The molecule has 0 spiro atoms. The van der Waals surface area contributed by atoms with Crippen molar-refractivity contribution in [1.29, 1.82) is 0 Å². The van der Waals surface area contributed by atoms with Gasteiger partial charge in [-0.2, -0.15) is 0 Å². The number of pyridine rings is 1. The first-order valence-electron chi connectivity index (χ1n) is 13.8. The van der Waals surface area contributed by atoms with Crippen molar-refractivity contribution in [2.75, 3.05) is 24.1 Å². The van der Waals surface area contributed by atoms with Gasteiger partial charge in [-0.1, -0.05) is 31.2 Å². The van der Waals surface area contributed by atoms with Crippen LogP contribution in [0.25, 0.3) is 0 Å². The molecule has 0 bridgehead atoms. The van der Waals surface area contributed by atoms with Gasteiger partial charge in [-0.3, -0.25) is 14.7 Å². The van der Waals surface area contributed by atoms with Gasteiger partial charge in [0.1, 0.15) is 11.9 Å². The number of aryl methyl sites for hydroxylation is 1. The van der Waals surface area contributed by atoms with Gasteiger partial charge in [0.05, 0.1) is 16.8 Å². The number of aliphatic carboxylic acids is 1. The maximum atomic E-state index is 12.6. The molecule has 4 rings (SSSR count). The Morgan fingerprint density at radius 2 is 2.00 bits per heavy atom. The van der Waals surface area contributed by atoms with Crippen molar-refractivity contribution in [1.82, 2.24) is 9.88 Å². The van der Waals surface area contributed by atoms with Crippen molar-refractivity contribution >= 4 is 17.3 Å². The maximum absolute atomic E-state index is 12.6. The molecule has 7 heteroatoms. The highest BCUT2D eigenvalue weighted by Crippen LogP contribution is 2.45. The smallest absolute Gasteiger partial charge is 0.310 e. The van der Waals surface area contributed by atoms with Gasteiger partial charge in [0.15, 0.2) is 0 Å². The Kier molecular flexibility index (Phi) is 8.50. The zero-order valence-corrected chi connectivity index (χ0v) is 24.0. The van der Waals surface area contributed by atoms with E-state index in [0.29, 0.717) is 5.69 Å². The second kappa shape index (κ2) is 11.7. The molecule has 0 aliphatic carbocycles. The molecule has 0 saturated heterocycles. The predicted molar refractivity (Wildman–Crippen MR) is 157 cm³/mol. The standard InChI is InChI=1S/C32H42N4O3/c1-7-25-19-36(18-24-16-34-14-13-28(24)39-25)17-23-15-22(10-9-20(23)3)29(32(5,6)31(37)38)26-11-12-27(35-8-2)30(33)21(26)4/h9-16,25,29,35H,7-8,17-19,33H2,1-6H3,(H,37,38). The van der Waals surface area contributed by atoms with Crippen LogP contribution in [0.3, 0.4) is 0 Å². The molecule has 4 N–H and O–H groups in total. The zero-order chi connectivity index (χ0) is 28.3. The lowest BCUT2D eigenvalue weighted by molar-refractivity contribution is -0.147. The fourth-order valence-electron chi connectivity index (χ4n) is 5.58. The molecule has 208 valence electrons. The van der Waals surface area contributed by atoms with E-state index < -0.39 is 11.4 Å². The number of carboxylic acid groups (broad SMARTS) is 1. The highest BCUT2D eigenvalue weighted by atomic mass is 16.5. The van der Waals surface area contributed by atoms with Gasteiger partial charge < -0.3 is 20.9 Å². The first-order chi connectivity index (χ1) is 18.6. The number of hydrogen-bond donors (Lipinski definition) is 3. The van der Waals surface area contributed by atoms with E-state index in [9.17, 15) is 9.90 Å². The van der Waals surface area contributed by atoms with Crippen LogP contribution in [0.4, 0.5) is 11.4 Å². The van der Waals surface area contributed by atoms with Crippen molar-refractivity contribution in [2.45, 2.75) is 73.1 Å². The Morgan fingerprint density at radius 1 is 1.23 bits per heavy atom. The number of benzene rings is 2. The monoisotopic (exact) mass is 530 g/mol. The Morgan fingerprint density at radius 3 is 2.69 bits per heavy atom. The molecule has 39 heavy (non-hydrogen) atoms. The SMILES string of the molecule is CCNc1ccc(C(c2ccc(C)c(CN3Cc4cnccc4OC(CC)C3)c2)C(C)(C)C(=O)O)c(C)c1N. The van der Waals surface area contributed by atoms with Crippen LogP contribution in [0.1, 0.15) is 73.4 Å². The summed E-state index contributed by atoms with van der Waals surface area (Å²) in [7, 11) is 0. The van der Waals surface area contributed by atoms with E-state index >= 15 is 0 Å². The molecule has 0 amide bonds. The van der Waals surface area contributed by atoms with Gasteiger partial charge in [-0.05, 0) is 81.0 Å². The molecule has 0 saturated carbocycles. The summed E-state index contributed by atoms with van der Waals surface area (Å²) in [5.74, 6) is -0.321. The summed E-state index contributed by atoms with van der Waals surface area (Å²) in [6.07, 6.45) is 4.67. The van der Waals surface area contributed by atoms with E-state index in [0.717, 1.165) is 66.3 Å². The minimum absolute atomic E-state index is 0.0942. The number of fused-ring (bicyclic) bond motifs is 1. The molecule has 1 aromatic heterocycles. The molecule has 1 aliphatic heterocycles. The van der Waals surface area contributed by atoms with Crippen molar-refractivity contribution in [3.63, 3.8) is 0 Å². The van der Waals surface area contributed by atoms with Gasteiger partial charge in [0.25, 0.3) is 0 Å². The third kappa shape index (κ3) is 5.88. The number of ether oxygens (including phenoxy) is 1. The zero-order valence-electron chi connectivity index (χ0n) is 24.0. The molecule has 2 atom stereocenters. The highest BCUT2D eigenvalue weighted by molar-refractivity contribution is 5.78. The fourth-order valence-corrected chi connectivity index (χ4v) is 5.58. The number of aromatic nitrogens is 1. The number of hydrogen-bond acceptors (Lipinski definition) is 6. The van der Waals surface area contributed by atoms with Crippen LogP contribution in [-0.2, 0) is 17.9 Å². The third-order valence-electron chi connectivity index (χ3n) is 8.07. The topological polar surface area (TPSA) is 101 Å². The number of nitrogens with two attached hydrogens (primary N) is 1. The van der Waals surface area contributed by atoms with Gasteiger partial charge in [0.2, 0.25) is 0 Å². The van der Waals surface area contributed by atoms with Crippen LogP contribution in [0.15, 0.2) is 48.8 Å². The summed E-state index contributed by atoms with van der Waals surface area (Å²) >= 11 is 0. The Bertz CT molecular complexity index is 1340. The van der Waals surface area contributed by atoms with E-state index in [-0.39, 0.29) is 12.0 Å². The lowest BCUT2D eigenvalue weighted by Gasteiger charge is -2.34. The molecule has 7 nitrogen and oxygen atoms in total. The largest absolute Gasteiger partial charge is 0.489 e. The number of anilines is 2. The van der Waals surface area contributed by atoms with Gasteiger partial charge in [-0.25, -0.2) is 0 Å². The number of nitrogens with one attached hydrogen (secondary N) is 1. The number of carboxylic acids is 1. The molecule has 3 aromatic rings. The first kappa shape index (κ1) is 28.4. The first-order valence-corrected chi connectivity index (χ1v) is 13.8. The molecule has 2 aromatic carbocycles. The lowest BCUT2D eigenvalue weighted by Crippen LogP contribution is -2.33. The lowest BCUT2D eigenvalue weighted by atomic mass is 9.69. The highest BCUT2D eigenvalue weighted by Gasteiger charge is 2.40. The predicted octanol–water partition coefficient (Wildman–Crippen LogP) is 6.13. The average Bonchev–Trinajstić information content (AvgIpc) is 3.08. The van der Waals surface area contributed by atoms with E-state index in [1.54, 1.807) is 20.0 Å². The molecule has 1 aliphatic rings. The summed E-state index contributed by atoms with van der Waals surface area (Å²) in [4.78, 5) is 19.3. The number of rotatable bonds is 9. The van der Waals surface area contributed by atoms with Crippen LogP contribution >= 0.6 is 0 Å². The summed E-state index contributed by atoms with van der Waals surface area (Å²) in [6, 6.07) is 12.3. The third-order valence-corrected chi connectivity index (χ3v) is 8.07. The Labute approximate surface area is 232 Å². The average molecular weight is 531 g/mol. The quantitative estimate of drug-likeness (QED) is 0.286. The number of nitrogens with zero attached hydrogens (tertiary/aromatic N) is 2. The van der Waals surface area contributed by atoms with Gasteiger partial charge in [0, 0.05) is 50.1 Å². The van der Waals surface area contributed by atoms with Crippen LogP contribution in [-0.4, -0.2) is 40.2 Å². The van der Waals surface area contributed by atoms with E-state index in [1.165, 1.54) is 11.1 Å². The second-order valence-electron chi connectivity index (χ2n) is 11.2. The molecule has 0 fully saturated rings. The molecule has 2 heterocycles. The Balaban J connectivity index is 1.75. The van der Waals surface area contributed by atoms with Crippen LogP contribution in [0.2, 0.25) is 0 Å². The minimum atomic E-state index is -1.06. The van der Waals surface area contributed by atoms with E-state index in [4.69, 9.17) is 10.5 Å². The summed E-state index contributed by atoms with van der Waals surface area (Å²) in [6.45, 7) is 14.9. The second-order valence-corrected chi connectivity index (χ2v) is 11.2. The molecular weight excluding hydrogens is 488 g/mol. The summed E-state index contributed by atoms with van der Waals surface area (Å²) in [5.41, 5.74) is 13.3. The summed E-state index contributed by atoms with van der Waals surface area (Å²) < 4.78 is 6.28. The normalized spacial score (nSPS) is 16.6. The minimum Gasteiger partial charge on any atom is -0.489 e. The van der Waals surface area contributed by atoms with Crippen molar-refractivity contribution in [3.8, 4) is 5.75 Å². The van der Waals surface area contributed by atoms with Crippen LogP contribution in [0, 0.1) is 19.3 Å². The van der Waals surface area contributed by atoms with Gasteiger partial charge >= 0.3 is 5.97 Å². The van der Waals surface area contributed by atoms with E-state index in [1.807, 2.05) is 38.2 Å². The molecular formula is C32H42N4O3. The Hall–Kier alpha value is -3.58. The molecule has 2 unspecified atom stereocenters. The molecule has 0 radical (unpaired) electrons.